The fraction of sp³-hybridized carbons (Fsp3) is 0. The molecule has 0 fully saturated rings. The van der Waals surface area contributed by atoms with E-state index in [0.717, 1.165) is 0 Å². The van der Waals surface area contributed by atoms with E-state index in [1.165, 1.54) is 18.2 Å². The Balaban J connectivity index is 1.88. The van der Waals surface area contributed by atoms with Gasteiger partial charge in [0.2, 0.25) is 16.9 Å². The van der Waals surface area contributed by atoms with Crippen LogP contribution in [0.25, 0.3) is 22.5 Å². The molecule has 0 spiro atoms. The summed E-state index contributed by atoms with van der Waals surface area (Å²) in [4.78, 5) is 25.6. The van der Waals surface area contributed by atoms with Crippen LogP contribution in [-0.2, 0) is 0 Å². The van der Waals surface area contributed by atoms with Crippen LogP contribution < -0.4 is 10.2 Å². The molecule has 4 rings (SSSR count). The topological polar surface area (TPSA) is 69.7 Å². The molecule has 2 aromatic carbocycles. The number of carbonyl (C=O) groups excluding carboxylic acids is 1. The number of hydrogen-bond acceptors (Lipinski definition) is 5. The van der Waals surface area contributed by atoms with Gasteiger partial charge in [0, 0.05) is 5.02 Å². The Bertz CT molecular complexity index is 1280. The SMILES string of the molecule is O=C(Oc1c(-c2ccc(Br)o2)oc2ccccc2c1=O)c1ccc(Cl)cc1Cl. The van der Waals surface area contributed by atoms with Gasteiger partial charge in [-0.05, 0) is 58.4 Å². The first-order valence-electron chi connectivity index (χ1n) is 7.93. The van der Waals surface area contributed by atoms with Crippen LogP contribution in [0.1, 0.15) is 10.4 Å². The molecule has 5 nitrogen and oxygen atoms in total. The van der Waals surface area contributed by atoms with Crippen molar-refractivity contribution in [3.8, 4) is 17.3 Å². The van der Waals surface area contributed by atoms with Crippen molar-refractivity contribution in [1.82, 2.24) is 0 Å². The van der Waals surface area contributed by atoms with Gasteiger partial charge in [0.25, 0.3) is 0 Å². The van der Waals surface area contributed by atoms with E-state index in [0.29, 0.717) is 15.3 Å². The molecule has 0 radical (unpaired) electrons. The minimum Gasteiger partial charge on any atom is -0.449 e. The average Bonchev–Trinajstić information content (AvgIpc) is 3.10. The number of carbonyl (C=O) groups is 1. The first kappa shape index (κ1) is 18.8. The van der Waals surface area contributed by atoms with Gasteiger partial charge < -0.3 is 13.6 Å². The summed E-state index contributed by atoms with van der Waals surface area (Å²) < 4.78 is 17.1. The zero-order chi connectivity index (χ0) is 19.8. The molecular weight excluding hydrogens is 471 g/mol. The predicted molar refractivity (Wildman–Crippen MR) is 109 cm³/mol. The molecule has 0 aliphatic heterocycles. The summed E-state index contributed by atoms with van der Waals surface area (Å²) in [5.41, 5.74) is -0.118. The molecule has 4 aromatic rings. The van der Waals surface area contributed by atoms with Gasteiger partial charge in [-0.3, -0.25) is 4.79 Å². The van der Waals surface area contributed by atoms with Crippen LogP contribution in [0.4, 0.5) is 0 Å². The number of esters is 1. The van der Waals surface area contributed by atoms with E-state index in [9.17, 15) is 9.59 Å². The number of furan rings is 1. The highest BCUT2D eigenvalue weighted by atomic mass is 79.9. The van der Waals surface area contributed by atoms with Crippen molar-refractivity contribution >= 4 is 56.1 Å². The maximum atomic E-state index is 13.0. The van der Waals surface area contributed by atoms with Crippen LogP contribution in [0.5, 0.6) is 5.75 Å². The second kappa shape index (κ2) is 7.47. The van der Waals surface area contributed by atoms with E-state index in [4.69, 9.17) is 36.8 Å². The Morgan fingerprint density at radius 2 is 1.79 bits per heavy atom. The molecule has 0 unspecified atom stereocenters. The molecule has 0 saturated carbocycles. The van der Waals surface area contributed by atoms with E-state index in [1.807, 2.05) is 0 Å². The molecule has 2 aromatic heterocycles. The van der Waals surface area contributed by atoms with Gasteiger partial charge in [-0.1, -0.05) is 35.3 Å². The highest BCUT2D eigenvalue weighted by Crippen LogP contribution is 2.34. The fourth-order valence-corrected chi connectivity index (χ4v) is 3.41. The lowest BCUT2D eigenvalue weighted by atomic mass is 10.2. The highest BCUT2D eigenvalue weighted by Gasteiger charge is 2.24. The summed E-state index contributed by atoms with van der Waals surface area (Å²) in [6.07, 6.45) is 0. The number of halogens is 3. The minimum absolute atomic E-state index is 0.00663. The zero-order valence-electron chi connectivity index (χ0n) is 13.9. The van der Waals surface area contributed by atoms with Crippen molar-refractivity contribution in [2.24, 2.45) is 0 Å². The summed E-state index contributed by atoms with van der Waals surface area (Å²) in [7, 11) is 0. The Hall–Kier alpha value is -2.54. The standard InChI is InChI=1S/C20H9BrCl2O5/c21-16-8-7-15(26-16)18-19(17(24)12-3-1-2-4-14(12)27-18)28-20(25)11-6-5-10(22)9-13(11)23/h1-9H. The monoisotopic (exact) mass is 478 g/mol. The van der Waals surface area contributed by atoms with Gasteiger partial charge in [-0.2, -0.15) is 0 Å². The van der Waals surface area contributed by atoms with Crippen molar-refractivity contribution in [3.05, 3.63) is 85.1 Å². The van der Waals surface area contributed by atoms with Crippen LogP contribution >= 0.6 is 39.1 Å². The number of rotatable bonds is 3. The molecule has 0 bridgehead atoms. The average molecular weight is 480 g/mol. The molecule has 0 aliphatic carbocycles. The number of hydrogen-bond donors (Lipinski definition) is 0. The number of benzene rings is 2. The maximum absolute atomic E-state index is 13.0. The van der Waals surface area contributed by atoms with Gasteiger partial charge in [0.15, 0.2) is 10.4 Å². The lowest BCUT2D eigenvalue weighted by Gasteiger charge is -2.10. The summed E-state index contributed by atoms with van der Waals surface area (Å²) in [6, 6.07) is 14.2. The first-order valence-corrected chi connectivity index (χ1v) is 9.47. The van der Waals surface area contributed by atoms with E-state index < -0.39 is 11.4 Å². The van der Waals surface area contributed by atoms with Crippen molar-refractivity contribution < 1.29 is 18.4 Å². The third-order valence-electron chi connectivity index (χ3n) is 3.90. The van der Waals surface area contributed by atoms with E-state index >= 15 is 0 Å². The zero-order valence-corrected chi connectivity index (χ0v) is 17.0. The fourth-order valence-electron chi connectivity index (χ4n) is 2.62. The number of ether oxygens (including phenoxy) is 1. The van der Waals surface area contributed by atoms with Gasteiger partial charge in [0.05, 0.1) is 16.0 Å². The largest absolute Gasteiger partial charge is 0.449 e. The molecule has 0 N–H and O–H groups in total. The third kappa shape index (κ3) is 3.46. The van der Waals surface area contributed by atoms with Crippen molar-refractivity contribution in [1.29, 1.82) is 0 Å². The van der Waals surface area contributed by atoms with E-state index in [1.54, 1.807) is 36.4 Å². The Kier molecular flexibility index (Phi) is 5.02. The lowest BCUT2D eigenvalue weighted by Crippen LogP contribution is -2.16. The van der Waals surface area contributed by atoms with E-state index in [2.05, 4.69) is 15.9 Å². The summed E-state index contributed by atoms with van der Waals surface area (Å²) >= 11 is 15.1. The van der Waals surface area contributed by atoms with Gasteiger partial charge in [-0.25, -0.2) is 4.79 Å². The number of para-hydroxylation sites is 1. The van der Waals surface area contributed by atoms with Gasteiger partial charge in [-0.15, -0.1) is 0 Å². The Labute approximate surface area is 176 Å². The van der Waals surface area contributed by atoms with Crippen LogP contribution in [0.15, 0.2) is 72.9 Å². The molecule has 8 heteroatoms. The van der Waals surface area contributed by atoms with Crippen molar-refractivity contribution in [2.75, 3.05) is 0 Å². The molecule has 2 heterocycles. The molecule has 0 aliphatic rings. The Morgan fingerprint density at radius 3 is 2.50 bits per heavy atom. The molecule has 140 valence electrons. The van der Waals surface area contributed by atoms with Crippen LogP contribution in [0, 0.1) is 0 Å². The summed E-state index contributed by atoms with van der Waals surface area (Å²) in [5.74, 6) is -0.903. The summed E-state index contributed by atoms with van der Waals surface area (Å²) in [6.45, 7) is 0. The second-order valence-electron chi connectivity index (χ2n) is 5.70. The van der Waals surface area contributed by atoms with E-state index in [-0.39, 0.29) is 33.2 Å². The quantitative estimate of drug-likeness (QED) is 0.320. The third-order valence-corrected chi connectivity index (χ3v) is 4.87. The van der Waals surface area contributed by atoms with Crippen LogP contribution in [0.3, 0.4) is 0 Å². The van der Waals surface area contributed by atoms with Crippen LogP contribution in [0.2, 0.25) is 10.0 Å². The molecule has 28 heavy (non-hydrogen) atoms. The second-order valence-corrected chi connectivity index (χ2v) is 7.33. The first-order chi connectivity index (χ1) is 13.4. The lowest BCUT2D eigenvalue weighted by molar-refractivity contribution is 0.0731. The normalized spacial score (nSPS) is 11.0. The molecular formula is C20H9BrCl2O5. The van der Waals surface area contributed by atoms with Crippen molar-refractivity contribution in [2.45, 2.75) is 0 Å². The van der Waals surface area contributed by atoms with Gasteiger partial charge >= 0.3 is 5.97 Å². The number of fused-ring (bicyclic) bond motifs is 1. The minimum atomic E-state index is -0.823. The Morgan fingerprint density at radius 1 is 1.00 bits per heavy atom. The highest BCUT2D eigenvalue weighted by molar-refractivity contribution is 9.10. The molecule has 0 saturated heterocycles. The maximum Gasteiger partial charge on any atom is 0.345 e. The van der Waals surface area contributed by atoms with Crippen molar-refractivity contribution in [3.63, 3.8) is 0 Å². The molecule has 0 amide bonds. The molecule has 0 atom stereocenters. The van der Waals surface area contributed by atoms with Crippen LogP contribution in [-0.4, -0.2) is 5.97 Å². The summed E-state index contributed by atoms with van der Waals surface area (Å²) in [5, 5.41) is 0.736. The smallest absolute Gasteiger partial charge is 0.345 e. The van der Waals surface area contributed by atoms with Gasteiger partial charge in [0.1, 0.15) is 5.58 Å². The predicted octanol–water partition coefficient (Wildman–Crippen LogP) is 6.34.